The second-order valence-corrected chi connectivity index (χ2v) is 7.76. The second kappa shape index (κ2) is 9.85. The van der Waals surface area contributed by atoms with E-state index in [2.05, 4.69) is 10.4 Å². The standard InChI is InChI=1S/C23H26ClN3O4/c1-14(2)22-19(12-26-27(22)16-7-5-15(24)6-8-16)23(29)25-13-20(28)18-11-17(30-3)9-10-21(18)31-4/h5-12,14,20,28H,13H2,1-4H3,(H,25,29). The third kappa shape index (κ3) is 5.00. The molecular weight excluding hydrogens is 418 g/mol. The molecule has 1 amide bonds. The van der Waals surface area contributed by atoms with Gasteiger partial charge in [-0.25, -0.2) is 4.68 Å². The van der Waals surface area contributed by atoms with E-state index in [1.165, 1.54) is 13.3 Å². The van der Waals surface area contributed by atoms with Gasteiger partial charge in [0.1, 0.15) is 17.6 Å². The molecular formula is C23H26ClN3O4. The number of nitrogens with one attached hydrogen (secondary N) is 1. The molecule has 0 saturated carbocycles. The molecule has 1 atom stereocenters. The number of halogens is 1. The van der Waals surface area contributed by atoms with Crippen molar-refractivity contribution in [3.05, 3.63) is 70.5 Å². The smallest absolute Gasteiger partial charge is 0.254 e. The Bertz CT molecular complexity index is 1050. The number of amides is 1. The van der Waals surface area contributed by atoms with Crippen LogP contribution in [-0.2, 0) is 0 Å². The molecule has 0 aliphatic rings. The van der Waals surface area contributed by atoms with Crippen molar-refractivity contribution in [1.29, 1.82) is 0 Å². The van der Waals surface area contributed by atoms with Crippen LogP contribution in [0.5, 0.6) is 11.5 Å². The number of aliphatic hydroxyl groups excluding tert-OH is 1. The van der Waals surface area contributed by atoms with E-state index in [0.29, 0.717) is 27.6 Å². The van der Waals surface area contributed by atoms with Gasteiger partial charge in [0, 0.05) is 17.1 Å². The molecule has 1 aromatic heterocycles. The summed E-state index contributed by atoms with van der Waals surface area (Å²) in [6, 6.07) is 12.4. The molecule has 3 rings (SSSR count). The summed E-state index contributed by atoms with van der Waals surface area (Å²) in [6.07, 6.45) is 0.570. The van der Waals surface area contributed by atoms with Crippen LogP contribution in [0.25, 0.3) is 5.69 Å². The fraction of sp³-hybridized carbons (Fsp3) is 0.304. The summed E-state index contributed by atoms with van der Waals surface area (Å²) in [4.78, 5) is 12.9. The molecule has 0 radical (unpaired) electrons. The quantitative estimate of drug-likeness (QED) is 0.546. The van der Waals surface area contributed by atoms with E-state index in [-0.39, 0.29) is 18.4 Å². The third-order valence-electron chi connectivity index (χ3n) is 4.92. The van der Waals surface area contributed by atoms with Crippen LogP contribution in [-0.4, -0.2) is 41.6 Å². The highest BCUT2D eigenvalue weighted by molar-refractivity contribution is 6.30. The first-order valence-electron chi connectivity index (χ1n) is 9.87. The number of benzene rings is 2. The largest absolute Gasteiger partial charge is 0.497 e. The molecule has 8 heteroatoms. The molecule has 2 aromatic carbocycles. The van der Waals surface area contributed by atoms with Crippen LogP contribution in [0.3, 0.4) is 0 Å². The molecule has 0 saturated heterocycles. The third-order valence-corrected chi connectivity index (χ3v) is 5.17. The van der Waals surface area contributed by atoms with Gasteiger partial charge in [-0.2, -0.15) is 5.10 Å². The van der Waals surface area contributed by atoms with Crippen molar-refractivity contribution < 1.29 is 19.4 Å². The summed E-state index contributed by atoms with van der Waals surface area (Å²) in [6.45, 7) is 4.00. The van der Waals surface area contributed by atoms with Crippen molar-refractivity contribution in [3.8, 4) is 17.2 Å². The highest BCUT2D eigenvalue weighted by atomic mass is 35.5. The minimum atomic E-state index is -0.970. The summed E-state index contributed by atoms with van der Waals surface area (Å²) < 4.78 is 12.3. The number of aliphatic hydroxyl groups is 1. The lowest BCUT2D eigenvalue weighted by Gasteiger charge is -2.17. The van der Waals surface area contributed by atoms with Crippen molar-refractivity contribution >= 4 is 17.5 Å². The Morgan fingerprint density at radius 3 is 2.48 bits per heavy atom. The average Bonchev–Trinajstić information content (AvgIpc) is 3.23. The number of ether oxygens (including phenoxy) is 2. The maximum Gasteiger partial charge on any atom is 0.254 e. The molecule has 2 N–H and O–H groups in total. The topological polar surface area (TPSA) is 85.6 Å². The van der Waals surface area contributed by atoms with Crippen LogP contribution in [0, 0.1) is 0 Å². The van der Waals surface area contributed by atoms with Gasteiger partial charge in [-0.3, -0.25) is 4.79 Å². The van der Waals surface area contributed by atoms with Crippen molar-refractivity contribution in [1.82, 2.24) is 15.1 Å². The predicted molar refractivity (Wildman–Crippen MR) is 120 cm³/mol. The van der Waals surface area contributed by atoms with Crippen molar-refractivity contribution in [2.75, 3.05) is 20.8 Å². The SMILES string of the molecule is COc1ccc(OC)c(C(O)CNC(=O)c2cnn(-c3ccc(Cl)cc3)c2C(C)C)c1. The van der Waals surface area contributed by atoms with Gasteiger partial charge in [-0.1, -0.05) is 25.4 Å². The van der Waals surface area contributed by atoms with E-state index >= 15 is 0 Å². The van der Waals surface area contributed by atoms with Gasteiger partial charge in [-0.15, -0.1) is 0 Å². The molecule has 31 heavy (non-hydrogen) atoms. The number of hydrogen-bond donors (Lipinski definition) is 2. The van der Waals surface area contributed by atoms with Gasteiger partial charge in [0.15, 0.2) is 0 Å². The molecule has 0 bridgehead atoms. The zero-order valence-corrected chi connectivity index (χ0v) is 18.7. The first-order chi connectivity index (χ1) is 14.8. The van der Waals surface area contributed by atoms with Gasteiger partial charge < -0.3 is 19.9 Å². The molecule has 7 nitrogen and oxygen atoms in total. The van der Waals surface area contributed by atoms with Crippen LogP contribution in [0.4, 0.5) is 0 Å². The van der Waals surface area contributed by atoms with Gasteiger partial charge in [0.05, 0.1) is 37.4 Å². The number of aromatic nitrogens is 2. The maximum absolute atomic E-state index is 12.9. The Morgan fingerprint density at radius 2 is 1.87 bits per heavy atom. The van der Waals surface area contributed by atoms with Gasteiger partial charge in [0.25, 0.3) is 5.91 Å². The summed E-state index contributed by atoms with van der Waals surface area (Å²) in [5, 5.41) is 18.5. The van der Waals surface area contributed by atoms with Crippen LogP contribution in [0.2, 0.25) is 5.02 Å². The molecule has 1 heterocycles. The molecule has 0 spiro atoms. The Hall–Kier alpha value is -3.03. The molecule has 1 unspecified atom stereocenters. The van der Waals surface area contributed by atoms with E-state index in [4.69, 9.17) is 21.1 Å². The number of carbonyl (C=O) groups excluding carboxylic acids is 1. The van der Waals surface area contributed by atoms with Crippen LogP contribution < -0.4 is 14.8 Å². The first-order valence-corrected chi connectivity index (χ1v) is 10.3. The summed E-state index contributed by atoms with van der Waals surface area (Å²) in [5.74, 6) is 0.834. The Balaban J connectivity index is 1.80. The van der Waals surface area contributed by atoms with E-state index in [0.717, 1.165) is 11.4 Å². The lowest BCUT2D eigenvalue weighted by atomic mass is 10.0. The zero-order chi connectivity index (χ0) is 22.5. The van der Waals surface area contributed by atoms with Crippen LogP contribution in [0.1, 0.15) is 47.5 Å². The Kier molecular flexibility index (Phi) is 7.20. The molecule has 0 aliphatic carbocycles. The number of rotatable bonds is 8. The Morgan fingerprint density at radius 1 is 1.16 bits per heavy atom. The van der Waals surface area contributed by atoms with Gasteiger partial charge in [-0.05, 0) is 48.4 Å². The maximum atomic E-state index is 12.9. The summed E-state index contributed by atoms with van der Waals surface area (Å²) in [5.41, 5.74) is 2.57. The number of carbonyl (C=O) groups is 1. The van der Waals surface area contributed by atoms with E-state index < -0.39 is 6.10 Å². The van der Waals surface area contributed by atoms with E-state index in [1.54, 1.807) is 42.1 Å². The fourth-order valence-electron chi connectivity index (χ4n) is 3.37. The van der Waals surface area contributed by atoms with E-state index in [9.17, 15) is 9.90 Å². The molecule has 0 aliphatic heterocycles. The molecule has 0 fully saturated rings. The predicted octanol–water partition coefficient (Wildman–Crippen LogP) is 4.13. The normalized spacial score (nSPS) is 12.0. The first kappa shape index (κ1) is 22.7. The highest BCUT2D eigenvalue weighted by Crippen LogP contribution is 2.29. The van der Waals surface area contributed by atoms with Gasteiger partial charge in [0.2, 0.25) is 0 Å². The van der Waals surface area contributed by atoms with Crippen molar-refractivity contribution in [2.45, 2.75) is 25.9 Å². The van der Waals surface area contributed by atoms with Crippen LogP contribution in [0.15, 0.2) is 48.7 Å². The average molecular weight is 444 g/mol. The fourth-order valence-corrected chi connectivity index (χ4v) is 3.50. The minimum Gasteiger partial charge on any atom is -0.497 e. The Labute approximate surface area is 186 Å². The zero-order valence-electron chi connectivity index (χ0n) is 17.9. The lowest BCUT2D eigenvalue weighted by Crippen LogP contribution is -2.29. The molecule has 3 aromatic rings. The highest BCUT2D eigenvalue weighted by Gasteiger charge is 2.22. The lowest BCUT2D eigenvalue weighted by molar-refractivity contribution is 0.0913. The monoisotopic (exact) mass is 443 g/mol. The number of nitrogens with zero attached hydrogens (tertiary/aromatic N) is 2. The second-order valence-electron chi connectivity index (χ2n) is 7.32. The summed E-state index contributed by atoms with van der Waals surface area (Å²) >= 11 is 5.98. The van der Waals surface area contributed by atoms with Crippen LogP contribution >= 0.6 is 11.6 Å². The molecule has 164 valence electrons. The van der Waals surface area contributed by atoms with Crippen molar-refractivity contribution in [3.63, 3.8) is 0 Å². The number of methoxy groups -OCH3 is 2. The van der Waals surface area contributed by atoms with Gasteiger partial charge >= 0.3 is 0 Å². The van der Waals surface area contributed by atoms with Crippen molar-refractivity contribution in [2.24, 2.45) is 0 Å². The van der Waals surface area contributed by atoms with E-state index in [1.807, 2.05) is 26.0 Å². The summed E-state index contributed by atoms with van der Waals surface area (Å²) in [7, 11) is 3.07. The minimum absolute atomic E-state index is 0.00597. The number of hydrogen-bond acceptors (Lipinski definition) is 5.